The molecule has 2 aliphatic rings. The minimum Gasteiger partial charge on any atom is -0.349 e. The molecule has 0 aromatic carbocycles. The first-order chi connectivity index (χ1) is 6.42. The van der Waals surface area contributed by atoms with Gasteiger partial charge in [0.2, 0.25) is 0 Å². The van der Waals surface area contributed by atoms with Gasteiger partial charge in [0.05, 0.1) is 0 Å². The Hall–Kier alpha value is -1.13. The third-order valence-corrected chi connectivity index (χ3v) is 3.40. The van der Waals surface area contributed by atoms with E-state index in [0.717, 1.165) is 11.8 Å². The van der Waals surface area contributed by atoms with Crippen molar-refractivity contribution < 1.29 is 0 Å². The number of aromatic nitrogens is 4. The van der Waals surface area contributed by atoms with Gasteiger partial charge in [0, 0.05) is 6.04 Å². The van der Waals surface area contributed by atoms with Gasteiger partial charge in [-0.2, -0.15) is 5.21 Å². The van der Waals surface area contributed by atoms with Crippen LogP contribution in [0.2, 0.25) is 0 Å². The van der Waals surface area contributed by atoms with Crippen molar-refractivity contribution in [3.63, 3.8) is 0 Å². The van der Waals surface area contributed by atoms with E-state index in [1.54, 1.807) is 0 Å². The normalized spacial score (nSPS) is 36.8. The molecule has 2 fully saturated rings. The lowest BCUT2D eigenvalue weighted by molar-refractivity contribution is 0.438. The molecular weight excluding hydrogens is 166 g/mol. The van der Waals surface area contributed by atoms with Crippen molar-refractivity contribution in [3.05, 3.63) is 0 Å². The van der Waals surface area contributed by atoms with E-state index in [0.29, 0.717) is 12.0 Å². The second-order valence-electron chi connectivity index (χ2n) is 4.16. The number of nitrogens with one attached hydrogen (secondary N) is 2. The van der Waals surface area contributed by atoms with Crippen LogP contribution in [-0.2, 0) is 0 Å². The van der Waals surface area contributed by atoms with Crippen LogP contribution in [-0.4, -0.2) is 26.7 Å². The highest BCUT2D eigenvalue weighted by atomic mass is 15.5. The lowest BCUT2D eigenvalue weighted by Crippen LogP contribution is -2.26. The van der Waals surface area contributed by atoms with Crippen molar-refractivity contribution in [2.45, 2.75) is 31.7 Å². The standard InChI is InChI=1S/C8H13N5/c1-2-6-3-5(1)4-7(6)9-8-10-12-13-11-8/h5-7H,1-4H2,(H2,9,10,11,12,13). The van der Waals surface area contributed by atoms with E-state index < -0.39 is 0 Å². The molecule has 3 atom stereocenters. The Morgan fingerprint density at radius 1 is 1.31 bits per heavy atom. The Labute approximate surface area is 76.3 Å². The van der Waals surface area contributed by atoms with Crippen LogP contribution in [0.3, 0.4) is 0 Å². The summed E-state index contributed by atoms with van der Waals surface area (Å²) in [7, 11) is 0. The Balaban J connectivity index is 1.68. The van der Waals surface area contributed by atoms with Gasteiger partial charge in [-0.3, -0.25) is 0 Å². The van der Waals surface area contributed by atoms with Crippen LogP contribution in [0.5, 0.6) is 0 Å². The lowest BCUT2D eigenvalue weighted by atomic mass is 9.96. The number of nitrogens with zero attached hydrogens (tertiary/aromatic N) is 3. The smallest absolute Gasteiger partial charge is 0.263 e. The molecule has 0 radical (unpaired) electrons. The quantitative estimate of drug-likeness (QED) is 0.704. The maximum Gasteiger partial charge on any atom is 0.263 e. The molecule has 0 saturated heterocycles. The first-order valence-electron chi connectivity index (χ1n) is 4.92. The van der Waals surface area contributed by atoms with Crippen molar-refractivity contribution in [1.29, 1.82) is 0 Å². The van der Waals surface area contributed by atoms with E-state index in [9.17, 15) is 0 Å². The summed E-state index contributed by atoms with van der Waals surface area (Å²) in [5.74, 6) is 2.45. The van der Waals surface area contributed by atoms with E-state index in [-0.39, 0.29) is 0 Å². The SMILES string of the molecule is C1CC2CC1CC2Nc1nn[nH]n1. The maximum absolute atomic E-state index is 3.90. The van der Waals surface area contributed by atoms with Gasteiger partial charge in [0.15, 0.2) is 0 Å². The van der Waals surface area contributed by atoms with Crippen molar-refractivity contribution in [3.8, 4) is 0 Å². The van der Waals surface area contributed by atoms with Crippen molar-refractivity contribution in [2.24, 2.45) is 11.8 Å². The van der Waals surface area contributed by atoms with Crippen LogP contribution in [0.1, 0.15) is 25.7 Å². The van der Waals surface area contributed by atoms with Gasteiger partial charge in [0.25, 0.3) is 5.95 Å². The molecule has 3 unspecified atom stereocenters. The number of H-pyrrole nitrogens is 1. The third kappa shape index (κ3) is 1.18. The number of fused-ring (bicyclic) bond motifs is 2. The van der Waals surface area contributed by atoms with Gasteiger partial charge >= 0.3 is 0 Å². The highest BCUT2D eigenvalue weighted by Gasteiger charge is 2.39. The van der Waals surface area contributed by atoms with Gasteiger partial charge in [-0.1, -0.05) is 11.5 Å². The Morgan fingerprint density at radius 3 is 2.92 bits per heavy atom. The third-order valence-electron chi connectivity index (χ3n) is 3.40. The molecule has 2 aliphatic carbocycles. The molecule has 3 rings (SSSR count). The molecule has 1 aromatic rings. The van der Waals surface area contributed by atoms with Gasteiger partial charge < -0.3 is 5.32 Å². The maximum atomic E-state index is 3.90. The minimum atomic E-state index is 0.594. The molecule has 2 saturated carbocycles. The summed E-state index contributed by atoms with van der Waals surface area (Å²) in [6.07, 6.45) is 5.49. The predicted molar refractivity (Wildman–Crippen MR) is 47.0 cm³/mol. The largest absolute Gasteiger partial charge is 0.349 e. The molecule has 0 amide bonds. The summed E-state index contributed by atoms with van der Waals surface area (Å²) in [5, 5.41) is 17.1. The van der Waals surface area contributed by atoms with E-state index in [4.69, 9.17) is 0 Å². The zero-order chi connectivity index (χ0) is 8.67. The fourth-order valence-corrected chi connectivity index (χ4v) is 2.81. The Bertz CT molecular complexity index is 283. The van der Waals surface area contributed by atoms with Crippen LogP contribution in [0.25, 0.3) is 0 Å². The summed E-state index contributed by atoms with van der Waals surface area (Å²) in [4.78, 5) is 0. The molecule has 13 heavy (non-hydrogen) atoms. The number of rotatable bonds is 2. The van der Waals surface area contributed by atoms with Gasteiger partial charge in [-0.15, -0.1) is 5.10 Å². The second-order valence-corrected chi connectivity index (χ2v) is 4.16. The topological polar surface area (TPSA) is 66.5 Å². The number of aromatic amines is 1. The summed E-state index contributed by atoms with van der Waals surface area (Å²) >= 11 is 0. The van der Waals surface area contributed by atoms with Crippen molar-refractivity contribution >= 4 is 5.95 Å². The fourth-order valence-electron chi connectivity index (χ4n) is 2.81. The summed E-state index contributed by atoms with van der Waals surface area (Å²) in [6.45, 7) is 0. The molecule has 2 bridgehead atoms. The average Bonchev–Trinajstić information content (AvgIpc) is 2.77. The summed E-state index contributed by atoms with van der Waals surface area (Å²) in [6, 6.07) is 0.594. The zero-order valence-corrected chi connectivity index (χ0v) is 7.40. The zero-order valence-electron chi connectivity index (χ0n) is 7.40. The Kier molecular flexibility index (Phi) is 1.50. The van der Waals surface area contributed by atoms with Gasteiger partial charge in [-0.05, 0) is 36.3 Å². The van der Waals surface area contributed by atoms with Crippen LogP contribution in [0.15, 0.2) is 0 Å². The Morgan fingerprint density at radius 2 is 2.31 bits per heavy atom. The molecule has 70 valence electrons. The molecular formula is C8H13N5. The van der Waals surface area contributed by atoms with Gasteiger partial charge in [0.1, 0.15) is 0 Å². The number of tetrazole rings is 1. The monoisotopic (exact) mass is 179 g/mol. The van der Waals surface area contributed by atoms with Gasteiger partial charge in [-0.25, -0.2) is 0 Å². The summed E-state index contributed by atoms with van der Waals surface area (Å²) < 4.78 is 0. The molecule has 1 heterocycles. The average molecular weight is 179 g/mol. The van der Waals surface area contributed by atoms with Crippen molar-refractivity contribution in [2.75, 3.05) is 5.32 Å². The van der Waals surface area contributed by atoms with Crippen LogP contribution >= 0.6 is 0 Å². The van der Waals surface area contributed by atoms with Crippen LogP contribution in [0, 0.1) is 11.8 Å². The molecule has 5 nitrogen and oxygen atoms in total. The minimum absolute atomic E-state index is 0.594. The number of hydrogen-bond acceptors (Lipinski definition) is 4. The van der Waals surface area contributed by atoms with E-state index in [1.165, 1.54) is 25.7 Å². The lowest BCUT2D eigenvalue weighted by Gasteiger charge is -2.21. The van der Waals surface area contributed by atoms with E-state index in [2.05, 4.69) is 25.9 Å². The molecule has 1 aromatic heterocycles. The second kappa shape index (κ2) is 2.68. The molecule has 0 spiro atoms. The fraction of sp³-hybridized carbons (Fsp3) is 0.875. The van der Waals surface area contributed by atoms with E-state index in [1.807, 2.05) is 0 Å². The van der Waals surface area contributed by atoms with E-state index >= 15 is 0 Å². The van der Waals surface area contributed by atoms with Crippen molar-refractivity contribution in [1.82, 2.24) is 20.6 Å². The molecule has 0 aliphatic heterocycles. The highest BCUT2D eigenvalue weighted by Crippen LogP contribution is 2.45. The van der Waals surface area contributed by atoms with Crippen LogP contribution in [0.4, 0.5) is 5.95 Å². The summed E-state index contributed by atoms with van der Waals surface area (Å²) in [5.41, 5.74) is 0. The molecule has 5 heteroatoms. The van der Waals surface area contributed by atoms with Crippen LogP contribution < -0.4 is 5.32 Å². The molecule has 2 N–H and O–H groups in total. The first kappa shape index (κ1) is 7.29. The highest BCUT2D eigenvalue weighted by molar-refractivity contribution is 5.23. The first-order valence-corrected chi connectivity index (χ1v) is 4.92. The predicted octanol–water partition coefficient (Wildman–Crippen LogP) is 0.800. The number of hydrogen-bond donors (Lipinski definition) is 2. The number of anilines is 1.